The van der Waals surface area contributed by atoms with Crippen molar-refractivity contribution in [2.45, 2.75) is 22.2 Å². The molecule has 2 aliphatic heterocycles. The van der Waals surface area contributed by atoms with Crippen LogP contribution in [0.3, 0.4) is 0 Å². The number of aliphatic hydroxyl groups excluding tert-OH is 1. The van der Waals surface area contributed by atoms with E-state index in [0.717, 1.165) is 12.1 Å². The lowest BCUT2D eigenvalue weighted by Gasteiger charge is -2.49. The first kappa shape index (κ1) is 19.6. The highest BCUT2D eigenvalue weighted by molar-refractivity contribution is 7.92. The summed E-state index contributed by atoms with van der Waals surface area (Å²) in [6, 6.07) is 7.30. The Bertz CT molecular complexity index is 1010. The second-order valence-corrected chi connectivity index (χ2v) is 9.48. The molecule has 9 heteroatoms. The molecule has 1 saturated heterocycles. The molecule has 3 atom stereocenters. The van der Waals surface area contributed by atoms with E-state index < -0.39 is 50.6 Å². The van der Waals surface area contributed by atoms with Gasteiger partial charge in [0, 0.05) is 17.5 Å². The van der Waals surface area contributed by atoms with Crippen molar-refractivity contribution in [1.82, 2.24) is 0 Å². The monoisotopic (exact) mass is 430 g/mol. The fourth-order valence-corrected chi connectivity index (χ4v) is 6.70. The fourth-order valence-electron chi connectivity index (χ4n) is 4.23. The van der Waals surface area contributed by atoms with E-state index in [-0.39, 0.29) is 30.1 Å². The summed E-state index contributed by atoms with van der Waals surface area (Å²) in [7, 11) is -4.23. The van der Waals surface area contributed by atoms with Crippen LogP contribution in [0.15, 0.2) is 41.3 Å². The number of benzene rings is 2. The first-order valence-corrected chi connectivity index (χ1v) is 10.5. The molecule has 0 bridgehead atoms. The maximum absolute atomic E-state index is 15.0. The number of aliphatic hydroxyl groups is 1. The number of sulfone groups is 1. The fraction of sp³-hybridized carbons (Fsp3) is 0.368. The van der Waals surface area contributed by atoms with Gasteiger partial charge in [-0.3, -0.25) is 0 Å². The van der Waals surface area contributed by atoms with E-state index in [1.807, 2.05) is 0 Å². The van der Waals surface area contributed by atoms with E-state index in [9.17, 15) is 22.3 Å². The van der Waals surface area contributed by atoms with Gasteiger partial charge in [-0.1, -0.05) is 11.6 Å². The van der Waals surface area contributed by atoms with Crippen molar-refractivity contribution in [2.75, 3.05) is 19.8 Å². The average Bonchev–Trinajstić information content (AvgIpc) is 2.69. The molecule has 2 aliphatic rings. The summed E-state index contributed by atoms with van der Waals surface area (Å²) in [5.74, 6) is -3.05. The Kier molecular flexibility index (Phi) is 4.86. The van der Waals surface area contributed by atoms with Crippen LogP contribution in [0.5, 0.6) is 5.75 Å². The van der Waals surface area contributed by atoms with Gasteiger partial charge in [0.2, 0.25) is 0 Å². The van der Waals surface area contributed by atoms with Crippen LogP contribution in [-0.4, -0.2) is 39.4 Å². The van der Waals surface area contributed by atoms with Crippen molar-refractivity contribution in [3.63, 3.8) is 0 Å². The Morgan fingerprint density at radius 3 is 2.50 bits per heavy atom. The van der Waals surface area contributed by atoms with Crippen LogP contribution < -0.4 is 4.74 Å². The molecule has 4 rings (SSSR count). The van der Waals surface area contributed by atoms with E-state index in [0.29, 0.717) is 5.02 Å². The third kappa shape index (κ3) is 2.66. The lowest BCUT2D eigenvalue weighted by atomic mass is 9.76. The van der Waals surface area contributed by atoms with Crippen LogP contribution >= 0.6 is 11.6 Å². The summed E-state index contributed by atoms with van der Waals surface area (Å²) in [6.07, 6.45) is -0.998. The van der Waals surface area contributed by atoms with Gasteiger partial charge in [0.05, 0.1) is 29.8 Å². The predicted molar refractivity (Wildman–Crippen MR) is 97.1 cm³/mol. The SMILES string of the molecule is O=S(=O)(c1ccc(Cl)cc1)C12CCOC(CO)C1COc1c(F)ccc(F)c12. The van der Waals surface area contributed by atoms with Gasteiger partial charge in [0.1, 0.15) is 10.6 Å². The second-order valence-electron chi connectivity index (χ2n) is 6.84. The third-order valence-electron chi connectivity index (χ3n) is 5.53. The number of halogens is 3. The van der Waals surface area contributed by atoms with Crippen molar-refractivity contribution in [1.29, 1.82) is 0 Å². The van der Waals surface area contributed by atoms with Gasteiger partial charge in [-0.2, -0.15) is 0 Å². The highest BCUT2D eigenvalue weighted by Crippen LogP contribution is 2.55. The van der Waals surface area contributed by atoms with Crippen molar-refractivity contribution < 1.29 is 31.8 Å². The minimum atomic E-state index is -4.23. The highest BCUT2D eigenvalue weighted by Gasteiger charge is 2.61. The van der Waals surface area contributed by atoms with E-state index in [1.54, 1.807) is 0 Å². The van der Waals surface area contributed by atoms with Crippen LogP contribution in [0, 0.1) is 17.6 Å². The molecule has 0 aromatic heterocycles. The number of fused-ring (bicyclic) bond motifs is 3. The minimum absolute atomic E-state index is 0.0378. The van der Waals surface area contributed by atoms with E-state index in [4.69, 9.17) is 21.1 Å². The molecule has 0 aliphatic carbocycles. The summed E-state index contributed by atoms with van der Waals surface area (Å²) < 4.78 is 66.1. The van der Waals surface area contributed by atoms with Crippen molar-refractivity contribution in [2.24, 2.45) is 5.92 Å². The molecule has 3 unspecified atom stereocenters. The number of rotatable bonds is 3. The van der Waals surface area contributed by atoms with Gasteiger partial charge < -0.3 is 14.6 Å². The summed E-state index contributed by atoms with van der Waals surface area (Å²) in [5, 5.41) is 10.1. The Morgan fingerprint density at radius 2 is 1.82 bits per heavy atom. The smallest absolute Gasteiger partial charge is 0.189 e. The van der Waals surface area contributed by atoms with E-state index in [1.165, 1.54) is 24.3 Å². The normalized spacial score (nSPS) is 26.9. The molecule has 0 spiro atoms. The molecule has 2 aromatic rings. The quantitative estimate of drug-likeness (QED) is 0.810. The predicted octanol–water partition coefficient (Wildman–Crippen LogP) is 3.08. The molecule has 28 heavy (non-hydrogen) atoms. The zero-order valence-electron chi connectivity index (χ0n) is 14.6. The largest absolute Gasteiger partial charge is 0.490 e. The molecule has 5 nitrogen and oxygen atoms in total. The van der Waals surface area contributed by atoms with E-state index in [2.05, 4.69) is 0 Å². The van der Waals surface area contributed by atoms with Gasteiger partial charge in [-0.15, -0.1) is 0 Å². The molecular weight excluding hydrogens is 414 g/mol. The molecular formula is C19H17ClF2O5S. The van der Waals surface area contributed by atoms with Crippen molar-refractivity contribution in [3.8, 4) is 5.75 Å². The zero-order valence-corrected chi connectivity index (χ0v) is 16.1. The Hall–Kier alpha value is -1.74. The Labute approximate surface area is 165 Å². The maximum Gasteiger partial charge on any atom is 0.189 e. The lowest BCUT2D eigenvalue weighted by molar-refractivity contribution is -0.0933. The number of hydrogen-bond acceptors (Lipinski definition) is 5. The molecule has 0 radical (unpaired) electrons. The minimum Gasteiger partial charge on any atom is -0.490 e. The second kappa shape index (κ2) is 6.95. The first-order valence-electron chi connectivity index (χ1n) is 8.67. The number of hydrogen-bond donors (Lipinski definition) is 1. The Morgan fingerprint density at radius 1 is 1.14 bits per heavy atom. The van der Waals surface area contributed by atoms with Crippen LogP contribution in [0.2, 0.25) is 5.02 Å². The highest BCUT2D eigenvalue weighted by atomic mass is 35.5. The molecule has 1 N–H and O–H groups in total. The molecule has 0 amide bonds. The van der Waals surface area contributed by atoms with Gasteiger partial charge in [0.25, 0.3) is 0 Å². The molecule has 2 aromatic carbocycles. The summed E-state index contributed by atoms with van der Waals surface area (Å²) in [5.41, 5.74) is -0.347. The van der Waals surface area contributed by atoms with Crippen LogP contribution in [0.1, 0.15) is 12.0 Å². The van der Waals surface area contributed by atoms with Crippen LogP contribution in [-0.2, 0) is 19.3 Å². The number of ether oxygens (including phenoxy) is 2. The van der Waals surface area contributed by atoms with Gasteiger partial charge in [0.15, 0.2) is 21.4 Å². The average molecular weight is 431 g/mol. The van der Waals surface area contributed by atoms with E-state index >= 15 is 0 Å². The summed E-state index contributed by atoms with van der Waals surface area (Å²) >= 11 is 5.88. The molecule has 150 valence electrons. The summed E-state index contributed by atoms with van der Waals surface area (Å²) in [4.78, 5) is -0.0722. The third-order valence-corrected chi connectivity index (χ3v) is 8.34. The molecule has 1 fully saturated rings. The van der Waals surface area contributed by atoms with Gasteiger partial charge in [-0.25, -0.2) is 17.2 Å². The zero-order chi connectivity index (χ0) is 20.1. The first-order chi connectivity index (χ1) is 13.3. The van der Waals surface area contributed by atoms with Crippen molar-refractivity contribution in [3.05, 3.63) is 58.6 Å². The standard InChI is InChI=1S/C19H17ClF2O5S/c20-11-1-3-12(4-2-11)28(24,25)19-7-8-26-16(9-23)13(19)10-27-18-15(22)6-5-14(21)17(18)19/h1-6,13,16,23H,7-10H2. The van der Waals surface area contributed by atoms with Gasteiger partial charge in [-0.05, 0) is 42.8 Å². The lowest BCUT2D eigenvalue weighted by Crippen LogP contribution is -2.58. The maximum atomic E-state index is 15.0. The Balaban J connectivity index is 2.04. The topological polar surface area (TPSA) is 72.8 Å². The van der Waals surface area contributed by atoms with Crippen molar-refractivity contribution >= 4 is 21.4 Å². The van der Waals surface area contributed by atoms with Crippen LogP contribution in [0.4, 0.5) is 8.78 Å². The molecule has 0 saturated carbocycles. The van der Waals surface area contributed by atoms with Crippen LogP contribution in [0.25, 0.3) is 0 Å². The van der Waals surface area contributed by atoms with Gasteiger partial charge >= 0.3 is 0 Å². The summed E-state index contributed by atoms with van der Waals surface area (Å²) in [6.45, 7) is -0.743. The molecule has 2 heterocycles.